The fraction of sp³-hybridized carbons (Fsp3) is 0.308. The third-order valence-corrected chi connectivity index (χ3v) is 2.79. The third kappa shape index (κ3) is 3.91. The zero-order valence-corrected chi connectivity index (χ0v) is 12.4. The van der Waals surface area contributed by atoms with Gasteiger partial charge < -0.3 is 15.4 Å². The van der Waals surface area contributed by atoms with Crippen LogP contribution in [-0.2, 0) is 0 Å². The second-order valence-electron chi connectivity index (χ2n) is 4.09. The summed E-state index contributed by atoms with van der Waals surface area (Å²) in [6.07, 6.45) is 0.822. The summed E-state index contributed by atoms with van der Waals surface area (Å²) in [5.74, 6) is -0.0385. The summed E-state index contributed by atoms with van der Waals surface area (Å²) in [6, 6.07) is 4.54. The zero-order valence-electron chi connectivity index (χ0n) is 11.7. The summed E-state index contributed by atoms with van der Waals surface area (Å²) in [5, 5.41) is 5.77. The van der Waals surface area contributed by atoms with Crippen molar-refractivity contribution in [2.24, 2.45) is 0 Å². The van der Waals surface area contributed by atoms with Crippen LogP contribution >= 0.6 is 11.6 Å². The molecule has 0 spiro atoms. The molecule has 2 rings (SSSR count). The summed E-state index contributed by atoms with van der Waals surface area (Å²) < 4.78 is 19.1. The number of halogens is 2. The van der Waals surface area contributed by atoms with Gasteiger partial charge in [0.2, 0.25) is 11.9 Å². The van der Waals surface area contributed by atoms with Crippen molar-refractivity contribution >= 4 is 29.2 Å². The van der Waals surface area contributed by atoms with Gasteiger partial charge in [0.15, 0.2) is 0 Å². The number of aromatic nitrogens is 3. The highest BCUT2D eigenvalue weighted by molar-refractivity contribution is 6.33. The van der Waals surface area contributed by atoms with Crippen molar-refractivity contribution in [1.29, 1.82) is 0 Å². The predicted molar refractivity (Wildman–Crippen MR) is 79.9 cm³/mol. The number of hydrogen-bond acceptors (Lipinski definition) is 6. The van der Waals surface area contributed by atoms with Gasteiger partial charge in [0.05, 0.1) is 17.3 Å². The Morgan fingerprint density at radius 1 is 1.24 bits per heavy atom. The molecule has 1 heterocycles. The van der Waals surface area contributed by atoms with Gasteiger partial charge in [0.25, 0.3) is 0 Å². The highest BCUT2D eigenvalue weighted by atomic mass is 35.5. The Morgan fingerprint density at radius 3 is 2.67 bits per heavy atom. The molecule has 1 aromatic heterocycles. The molecular weight excluding hydrogens is 297 g/mol. The molecular formula is C13H15ClFN5O. The Hall–Kier alpha value is -2.15. The van der Waals surface area contributed by atoms with Crippen molar-refractivity contribution in [3.63, 3.8) is 0 Å². The molecule has 0 aliphatic carbocycles. The highest BCUT2D eigenvalue weighted by Gasteiger charge is 2.11. The summed E-state index contributed by atoms with van der Waals surface area (Å²) >= 11 is 5.96. The van der Waals surface area contributed by atoms with Gasteiger partial charge in [-0.25, -0.2) is 4.39 Å². The Labute approximate surface area is 126 Å². The molecule has 112 valence electrons. The standard InChI is InChI=1S/C13H15ClFN5O/c1-3-7-21-13-19-11(16-2)18-12(20-13)17-10-8(14)5-4-6-9(10)15/h4-6H,3,7H2,1-2H3,(H2,16,17,18,19,20). The molecule has 8 heteroatoms. The van der Waals surface area contributed by atoms with Crippen molar-refractivity contribution in [1.82, 2.24) is 15.0 Å². The van der Waals surface area contributed by atoms with Gasteiger partial charge in [-0.15, -0.1) is 0 Å². The summed E-state index contributed by atoms with van der Waals surface area (Å²) in [5.41, 5.74) is 0.105. The van der Waals surface area contributed by atoms with E-state index in [1.807, 2.05) is 6.92 Å². The SMILES string of the molecule is CCCOc1nc(NC)nc(Nc2c(F)cccc2Cl)n1. The van der Waals surface area contributed by atoms with Crippen LogP contribution in [0.3, 0.4) is 0 Å². The fourth-order valence-electron chi connectivity index (χ4n) is 1.51. The first-order valence-corrected chi connectivity index (χ1v) is 6.79. The average molecular weight is 312 g/mol. The smallest absolute Gasteiger partial charge is 0.323 e. The van der Waals surface area contributed by atoms with Crippen molar-refractivity contribution in [2.75, 3.05) is 24.3 Å². The van der Waals surface area contributed by atoms with E-state index in [2.05, 4.69) is 25.6 Å². The normalized spacial score (nSPS) is 10.3. The Balaban J connectivity index is 2.30. The molecule has 6 nitrogen and oxygen atoms in total. The van der Waals surface area contributed by atoms with E-state index >= 15 is 0 Å². The number of ether oxygens (including phenoxy) is 1. The zero-order chi connectivity index (χ0) is 15.2. The quantitative estimate of drug-likeness (QED) is 0.853. The minimum Gasteiger partial charge on any atom is -0.463 e. The van der Waals surface area contributed by atoms with Gasteiger partial charge >= 0.3 is 6.01 Å². The first kappa shape index (κ1) is 15.2. The first-order valence-electron chi connectivity index (χ1n) is 6.41. The average Bonchev–Trinajstić information content (AvgIpc) is 2.49. The second kappa shape index (κ2) is 7.03. The molecule has 2 N–H and O–H groups in total. The number of hydrogen-bond donors (Lipinski definition) is 2. The molecule has 2 aromatic rings. The van der Waals surface area contributed by atoms with Crippen molar-refractivity contribution in [3.8, 4) is 6.01 Å². The van der Waals surface area contributed by atoms with Gasteiger partial charge in [0.1, 0.15) is 5.82 Å². The summed E-state index contributed by atoms with van der Waals surface area (Å²) in [6.45, 7) is 2.45. The van der Waals surface area contributed by atoms with Gasteiger partial charge in [-0.3, -0.25) is 0 Å². The van der Waals surface area contributed by atoms with Crippen LogP contribution in [0.25, 0.3) is 0 Å². The van der Waals surface area contributed by atoms with E-state index in [4.69, 9.17) is 16.3 Å². The van der Waals surface area contributed by atoms with E-state index in [1.54, 1.807) is 13.1 Å². The van der Waals surface area contributed by atoms with Crippen LogP contribution in [0.4, 0.5) is 22.0 Å². The van der Waals surface area contributed by atoms with Gasteiger partial charge in [-0.1, -0.05) is 24.6 Å². The van der Waals surface area contributed by atoms with Crippen molar-refractivity contribution in [3.05, 3.63) is 29.0 Å². The minimum absolute atomic E-state index is 0.105. The molecule has 0 aliphatic rings. The van der Waals surface area contributed by atoms with E-state index in [9.17, 15) is 4.39 Å². The lowest BCUT2D eigenvalue weighted by atomic mass is 10.3. The molecule has 0 aliphatic heterocycles. The molecule has 1 aromatic carbocycles. The third-order valence-electron chi connectivity index (χ3n) is 2.47. The molecule has 0 saturated heterocycles. The number of nitrogens with zero attached hydrogens (tertiary/aromatic N) is 3. The number of para-hydroxylation sites is 1. The van der Waals surface area contributed by atoms with Gasteiger partial charge in [-0.2, -0.15) is 15.0 Å². The Kier molecular flexibility index (Phi) is 5.10. The van der Waals surface area contributed by atoms with Crippen LogP contribution in [0.2, 0.25) is 5.02 Å². The van der Waals surface area contributed by atoms with Gasteiger partial charge in [-0.05, 0) is 18.6 Å². The first-order chi connectivity index (χ1) is 10.1. The number of benzene rings is 1. The molecule has 0 saturated carbocycles. The largest absolute Gasteiger partial charge is 0.463 e. The van der Waals surface area contributed by atoms with E-state index in [1.165, 1.54) is 12.1 Å². The van der Waals surface area contributed by atoms with E-state index in [0.717, 1.165) is 6.42 Å². The molecule has 0 amide bonds. The topological polar surface area (TPSA) is 72.0 Å². The molecule has 0 bridgehead atoms. The second-order valence-corrected chi connectivity index (χ2v) is 4.49. The monoisotopic (exact) mass is 311 g/mol. The molecule has 0 fully saturated rings. The molecule has 21 heavy (non-hydrogen) atoms. The van der Waals surface area contributed by atoms with E-state index in [0.29, 0.717) is 12.6 Å². The maximum Gasteiger partial charge on any atom is 0.323 e. The van der Waals surface area contributed by atoms with Crippen LogP contribution in [0, 0.1) is 5.82 Å². The number of rotatable bonds is 6. The van der Waals surface area contributed by atoms with Crippen molar-refractivity contribution in [2.45, 2.75) is 13.3 Å². The van der Waals surface area contributed by atoms with E-state index in [-0.39, 0.29) is 22.7 Å². The molecule has 0 radical (unpaired) electrons. The highest BCUT2D eigenvalue weighted by Crippen LogP contribution is 2.27. The van der Waals surface area contributed by atoms with Crippen LogP contribution in [0.5, 0.6) is 6.01 Å². The maximum absolute atomic E-state index is 13.8. The summed E-state index contributed by atoms with van der Waals surface area (Å²) in [4.78, 5) is 12.2. The summed E-state index contributed by atoms with van der Waals surface area (Å²) in [7, 11) is 1.67. The lowest BCUT2D eigenvalue weighted by Crippen LogP contribution is -2.08. The van der Waals surface area contributed by atoms with E-state index < -0.39 is 5.82 Å². The number of anilines is 3. The lowest BCUT2D eigenvalue weighted by Gasteiger charge is -2.10. The fourth-order valence-corrected chi connectivity index (χ4v) is 1.72. The van der Waals surface area contributed by atoms with Crippen LogP contribution < -0.4 is 15.4 Å². The number of nitrogens with one attached hydrogen (secondary N) is 2. The van der Waals surface area contributed by atoms with Crippen LogP contribution in [0.1, 0.15) is 13.3 Å². The van der Waals surface area contributed by atoms with Gasteiger partial charge in [0, 0.05) is 7.05 Å². The maximum atomic E-state index is 13.8. The molecule has 0 unspecified atom stereocenters. The lowest BCUT2D eigenvalue weighted by molar-refractivity contribution is 0.292. The van der Waals surface area contributed by atoms with Crippen LogP contribution in [-0.4, -0.2) is 28.6 Å². The van der Waals surface area contributed by atoms with Crippen LogP contribution in [0.15, 0.2) is 18.2 Å². The molecule has 0 atom stereocenters. The Bertz CT molecular complexity index is 605. The minimum atomic E-state index is -0.495. The Morgan fingerprint density at radius 2 is 2.00 bits per heavy atom. The predicted octanol–water partition coefficient (Wildman–Crippen LogP) is 3.24. The van der Waals surface area contributed by atoms with Crippen molar-refractivity contribution < 1.29 is 9.13 Å².